The molecule has 0 spiro atoms. The van der Waals surface area contributed by atoms with Crippen molar-refractivity contribution in [3.63, 3.8) is 0 Å². The first-order valence-corrected chi connectivity index (χ1v) is 13.5. The third-order valence-corrected chi connectivity index (χ3v) is 6.35. The molecule has 0 saturated carbocycles. The van der Waals surface area contributed by atoms with Crippen LogP contribution in [0.3, 0.4) is 0 Å². The summed E-state index contributed by atoms with van der Waals surface area (Å²) in [5.41, 5.74) is 2.72. The lowest BCUT2D eigenvalue weighted by Gasteiger charge is -2.13. The molecule has 1 atom stereocenters. The maximum atomic E-state index is 11.7. The number of benzene rings is 3. The van der Waals surface area contributed by atoms with Crippen molar-refractivity contribution >= 4 is 18.0 Å². The van der Waals surface area contributed by atoms with Gasteiger partial charge in [0, 0.05) is 6.42 Å². The van der Waals surface area contributed by atoms with Crippen LogP contribution in [0.15, 0.2) is 84.9 Å². The molecule has 0 fully saturated rings. The fourth-order valence-electron chi connectivity index (χ4n) is 4.17. The summed E-state index contributed by atoms with van der Waals surface area (Å²) < 4.78 is 16.4. The van der Waals surface area contributed by atoms with E-state index >= 15 is 0 Å². The summed E-state index contributed by atoms with van der Waals surface area (Å²) in [7, 11) is 1.37. The van der Waals surface area contributed by atoms with Gasteiger partial charge in [0.1, 0.15) is 11.5 Å². The number of aliphatic carboxylic acids is 1. The van der Waals surface area contributed by atoms with Crippen LogP contribution in [0.4, 0.5) is 0 Å². The second-order valence-electron chi connectivity index (χ2n) is 9.44. The van der Waals surface area contributed by atoms with Crippen molar-refractivity contribution in [3.8, 4) is 11.5 Å². The van der Waals surface area contributed by atoms with E-state index < -0.39 is 5.97 Å². The molecule has 0 radical (unpaired) electrons. The van der Waals surface area contributed by atoms with E-state index in [2.05, 4.69) is 12.2 Å². The van der Waals surface area contributed by atoms with Gasteiger partial charge in [0.05, 0.1) is 25.9 Å². The van der Waals surface area contributed by atoms with Crippen molar-refractivity contribution in [2.24, 2.45) is 5.92 Å². The van der Waals surface area contributed by atoms with E-state index in [1.165, 1.54) is 7.11 Å². The van der Waals surface area contributed by atoms with Crippen molar-refractivity contribution in [1.29, 1.82) is 0 Å². The van der Waals surface area contributed by atoms with Gasteiger partial charge >= 0.3 is 11.9 Å². The molecule has 6 heteroatoms. The first kappa shape index (κ1) is 29.5. The first-order chi connectivity index (χ1) is 19.0. The van der Waals surface area contributed by atoms with Crippen LogP contribution in [-0.4, -0.2) is 37.4 Å². The topological polar surface area (TPSA) is 82.1 Å². The standard InChI is InChI=1S/C33H38O6/c1-37-33(36)29-19-15-28(16-20-29)25-27(9-5-6-12-32(34)35)14-13-26-17-21-31(22-18-26)39-24-8-7-23-38-30-10-3-2-4-11-30/h2-4,10-11,13-22,27H,5-9,12,23-25H2,1H3,(H,34,35)/b14-13-. The van der Waals surface area contributed by atoms with Crippen LogP contribution in [0.5, 0.6) is 11.5 Å². The third-order valence-electron chi connectivity index (χ3n) is 6.35. The predicted molar refractivity (Wildman–Crippen MR) is 153 cm³/mol. The second-order valence-corrected chi connectivity index (χ2v) is 9.44. The van der Waals surface area contributed by atoms with Gasteiger partial charge < -0.3 is 19.3 Å². The molecule has 0 aliphatic heterocycles. The fourth-order valence-corrected chi connectivity index (χ4v) is 4.17. The lowest BCUT2D eigenvalue weighted by Crippen LogP contribution is -2.04. The van der Waals surface area contributed by atoms with Crippen LogP contribution in [-0.2, 0) is 16.0 Å². The fraction of sp³-hybridized carbons (Fsp3) is 0.333. The Morgan fingerprint density at radius 3 is 2.05 bits per heavy atom. The van der Waals surface area contributed by atoms with Gasteiger partial charge in [-0.2, -0.15) is 0 Å². The van der Waals surface area contributed by atoms with Crippen LogP contribution in [0.2, 0.25) is 0 Å². The summed E-state index contributed by atoms with van der Waals surface area (Å²) in [5, 5.41) is 8.95. The van der Waals surface area contributed by atoms with Crippen molar-refractivity contribution in [2.45, 2.75) is 44.9 Å². The minimum Gasteiger partial charge on any atom is -0.494 e. The maximum absolute atomic E-state index is 11.7. The monoisotopic (exact) mass is 530 g/mol. The normalized spacial score (nSPS) is 11.7. The number of carbonyl (C=O) groups excluding carboxylic acids is 1. The zero-order valence-corrected chi connectivity index (χ0v) is 22.6. The number of hydrogen-bond donors (Lipinski definition) is 1. The van der Waals surface area contributed by atoms with E-state index in [0.29, 0.717) is 25.2 Å². The third kappa shape index (κ3) is 11.5. The van der Waals surface area contributed by atoms with Gasteiger partial charge in [0.15, 0.2) is 0 Å². The number of ether oxygens (including phenoxy) is 3. The predicted octanol–water partition coefficient (Wildman–Crippen LogP) is 7.23. The number of carboxylic acids is 1. The quantitative estimate of drug-likeness (QED) is 0.146. The number of methoxy groups -OCH3 is 1. The highest BCUT2D eigenvalue weighted by molar-refractivity contribution is 5.89. The highest BCUT2D eigenvalue weighted by atomic mass is 16.5. The molecule has 1 unspecified atom stereocenters. The molecular formula is C33H38O6. The van der Waals surface area contributed by atoms with Crippen molar-refractivity contribution in [2.75, 3.05) is 20.3 Å². The molecule has 0 saturated heterocycles. The minimum absolute atomic E-state index is 0.186. The molecule has 0 aliphatic rings. The van der Waals surface area contributed by atoms with Crippen LogP contribution < -0.4 is 9.47 Å². The summed E-state index contributed by atoms with van der Waals surface area (Å²) >= 11 is 0. The molecule has 0 amide bonds. The number of unbranched alkanes of at least 4 members (excludes halogenated alkanes) is 2. The van der Waals surface area contributed by atoms with Gasteiger partial charge in [0.25, 0.3) is 0 Å². The number of esters is 1. The Bertz CT molecular complexity index is 1150. The molecule has 0 heterocycles. The van der Waals surface area contributed by atoms with Gasteiger partial charge in [0.2, 0.25) is 0 Å². The van der Waals surface area contributed by atoms with Gasteiger partial charge in [-0.05, 0) is 85.5 Å². The van der Waals surface area contributed by atoms with E-state index in [0.717, 1.165) is 54.7 Å². The van der Waals surface area contributed by atoms with Gasteiger partial charge in [-0.25, -0.2) is 4.79 Å². The van der Waals surface area contributed by atoms with Crippen LogP contribution >= 0.6 is 0 Å². The Hall–Kier alpha value is -4.06. The molecule has 3 aromatic carbocycles. The largest absolute Gasteiger partial charge is 0.494 e. The Morgan fingerprint density at radius 2 is 1.44 bits per heavy atom. The molecule has 0 aromatic heterocycles. The molecule has 3 aromatic rings. The summed E-state index contributed by atoms with van der Waals surface area (Å²) in [6, 6.07) is 25.3. The van der Waals surface area contributed by atoms with Crippen LogP contribution in [0, 0.1) is 5.92 Å². The van der Waals surface area contributed by atoms with Gasteiger partial charge in [-0.3, -0.25) is 4.79 Å². The van der Waals surface area contributed by atoms with Crippen molar-refractivity contribution in [3.05, 3.63) is 102 Å². The van der Waals surface area contributed by atoms with E-state index in [9.17, 15) is 9.59 Å². The van der Waals surface area contributed by atoms with Crippen LogP contribution in [0.25, 0.3) is 6.08 Å². The summed E-state index contributed by atoms with van der Waals surface area (Å²) in [6.07, 6.45) is 9.51. The highest BCUT2D eigenvalue weighted by Crippen LogP contribution is 2.21. The number of rotatable bonds is 17. The Balaban J connectivity index is 1.47. The molecular weight excluding hydrogens is 492 g/mol. The second kappa shape index (κ2) is 16.7. The summed E-state index contributed by atoms with van der Waals surface area (Å²) in [6.45, 7) is 1.31. The Morgan fingerprint density at radius 1 is 0.795 bits per heavy atom. The smallest absolute Gasteiger partial charge is 0.337 e. The molecule has 0 bridgehead atoms. The molecule has 1 N–H and O–H groups in total. The number of carbonyl (C=O) groups is 2. The van der Waals surface area contributed by atoms with Crippen molar-refractivity contribution in [1.82, 2.24) is 0 Å². The minimum atomic E-state index is -0.761. The Labute approximate surface area is 231 Å². The summed E-state index contributed by atoms with van der Waals surface area (Å²) in [5.74, 6) is 0.865. The maximum Gasteiger partial charge on any atom is 0.337 e. The van der Waals surface area contributed by atoms with E-state index in [4.69, 9.17) is 19.3 Å². The molecule has 0 aliphatic carbocycles. The zero-order chi connectivity index (χ0) is 27.7. The van der Waals surface area contributed by atoms with Gasteiger partial charge in [-0.1, -0.05) is 61.0 Å². The number of allylic oxidation sites excluding steroid dienone is 1. The number of para-hydroxylation sites is 1. The Kier molecular flexibility index (Phi) is 12.6. The number of carboxylic acid groups (broad SMARTS) is 1. The summed E-state index contributed by atoms with van der Waals surface area (Å²) in [4.78, 5) is 22.6. The number of hydrogen-bond acceptors (Lipinski definition) is 5. The average molecular weight is 531 g/mol. The van der Waals surface area contributed by atoms with Crippen molar-refractivity contribution < 1.29 is 28.9 Å². The SMILES string of the molecule is COC(=O)c1ccc(CC(/C=C\c2ccc(OCCCCOc3ccccc3)cc2)CCCCC(=O)O)cc1. The molecule has 6 nitrogen and oxygen atoms in total. The molecule has 39 heavy (non-hydrogen) atoms. The first-order valence-electron chi connectivity index (χ1n) is 13.5. The lowest BCUT2D eigenvalue weighted by molar-refractivity contribution is -0.137. The molecule has 206 valence electrons. The average Bonchev–Trinajstić information content (AvgIpc) is 2.96. The van der Waals surface area contributed by atoms with E-state index in [1.54, 1.807) is 12.1 Å². The lowest BCUT2D eigenvalue weighted by atomic mass is 9.92. The van der Waals surface area contributed by atoms with Crippen LogP contribution in [0.1, 0.15) is 60.0 Å². The van der Waals surface area contributed by atoms with Gasteiger partial charge in [-0.15, -0.1) is 0 Å². The van der Waals surface area contributed by atoms with E-state index in [-0.39, 0.29) is 18.3 Å². The highest BCUT2D eigenvalue weighted by Gasteiger charge is 2.10. The molecule has 3 rings (SSSR count). The zero-order valence-electron chi connectivity index (χ0n) is 22.6. The van der Waals surface area contributed by atoms with E-state index in [1.807, 2.05) is 66.7 Å².